The topological polar surface area (TPSA) is 72.3 Å². The van der Waals surface area contributed by atoms with Crippen LogP contribution in [0.15, 0.2) is 42.5 Å². The molecule has 2 aliphatic heterocycles. The second-order valence-electron chi connectivity index (χ2n) is 7.24. The quantitative estimate of drug-likeness (QED) is 0.788. The summed E-state index contributed by atoms with van der Waals surface area (Å²) in [6, 6.07) is 13.3. The highest BCUT2D eigenvalue weighted by molar-refractivity contribution is 5.96. The number of nitrogens with zero attached hydrogens (tertiary/aromatic N) is 1. The van der Waals surface area contributed by atoms with Crippen molar-refractivity contribution < 1.29 is 24.0 Å². The molecule has 2 N–H and O–H groups in total. The Morgan fingerprint density at radius 3 is 2.68 bits per heavy atom. The lowest BCUT2D eigenvalue weighted by atomic mass is 10.2. The summed E-state index contributed by atoms with van der Waals surface area (Å²) in [6.07, 6.45) is 1.51. The first-order valence-electron chi connectivity index (χ1n) is 9.48. The molecule has 4 rings (SSSR count). The van der Waals surface area contributed by atoms with Gasteiger partial charge in [-0.1, -0.05) is 0 Å². The molecule has 146 valence electrons. The number of fused-ring (bicyclic) bond motifs is 1. The first-order chi connectivity index (χ1) is 13.6. The van der Waals surface area contributed by atoms with Crippen LogP contribution >= 0.6 is 0 Å². The predicted octanol–water partition coefficient (Wildman–Crippen LogP) is 1.20. The maximum atomic E-state index is 12.4. The number of carbonyl (C=O) groups is 2. The van der Waals surface area contributed by atoms with Crippen molar-refractivity contribution >= 4 is 23.2 Å². The number of rotatable bonds is 6. The Morgan fingerprint density at radius 2 is 1.93 bits per heavy atom. The van der Waals surface area contributed by atoms with E-state index < -0.39 is 0 Å². The van der Waals surface area contributed by atoms with Gasteiger partial charge in [0.2, 0.25) is 12.7 Å². The van der Waals surface area contributed by atoms with Crippen LogP contribution in [0, 0.1) is 0 Å². The summed E-state index contributed by atoms with van der Waals surface area (Å²) in [6.45, 7) is 2.08. The van der Waals surface area contributed by atoms with Crippen LogP contribution in [-0.4, -0.2) is 38.7 Å². The molecule has 2 aromatic carbocycles. The minimum atomic E-state index is -0.0526. The van der Waals surface area contributed by atoms with Crippen molar-refractivity contribution in [1.82, 2.24) is 0 Å². The van der Waals surface area contributed by atoms with Crippen molar-refractivity contribution in [2.75, 3.05) is 37.1 Å². The van der Waals surface area contributed by atoms with Crippen LogP contribution in [-0.2, 0) is 16.1 Å². The number of nitrogens with one attached hydrogen (secondary N) is 2. The maximum absolute atomic E-state index is 12.4. The molecule has 2 aromatic rings. The van der Waals surface area contributed by atoms with Gasteiger partial charge in [-0.3, -0.25) is 9.59 Å². The Morgan fingerprint density at radius 1 is 1.14 bits per heavy atom. The van der Waals surface area contributed by atoms with Crippen molar-refractivity contribution in [3.63, 3.8) is 0 Å². The van der Waals surface area contributed by atoms with Crippen molar-refractivity contribution in [1.29, 1.82) is 0 Å². The van der Waals surface area contributed by atoms with Crippen molar-refractivity contribution in [2.24, 2.45) is 0 Å². The first kappa shape index (κ1) is 18.3. The van der Waals surface area contributed by atoms with Crippen LogP contribution in [0.25, 0.3) is 0 Å². The van der Waals surface area contributed by atoms with Gasteiger partial charge in [0.15, 0.2) is 18.0 Å². The molecule has 28 heavy (non-hydrogen) atoms. The van der Waals surface area contributed by atoms with E-state index in [0.717, 1.165) is 46.3 Å². The molecule has 2 heterocycles. The van der Waals surface area contributed by atoms with Crippen LogP contribution in [0.3, 0.4) is 0 Å². The van der Waals surface area contributed by atoms with Crippen molar-refractivity contribution in [3.8, 4) is 11.5 Å². The van der Waals surface area contributed by atoms with Gasteiger partial charge in [0.25, 0.3) is 5.91 Å². The van der Waals surface area contributed by atoms with Gasteiger partial charge in [0.1, 0.15) is 6.54 Å². The third-order valence-corrected chi connectivity index (χ3v) is 4.94. The Balaban J connectivity index is 1.29. The molecular formula is C21H24N3O4+. The summed E-state index contributed by atoms with van der Waals surface area (Å²) in [5.74, 6) is 1.62. The number of hydrogen-bond acceptors (Lipinski definition) is 4. The fourth-order valence-corrected chi connectivity index (χ4v) is 3.59. The van der Waals surface area contributed by atoms with E-state index in [1.165, 1.54) is 0 Å². The van der Waals surface area contributed by atoms with Crippen LogP contribution in [0.2, 0.25) is 0 Å². The highest BCUT2D eigenvalue weighted by atomic mass is 16.7. The Hall–Kier alpha value is -3.06. The summed E-state index contributed by atoms with van der Waals surface area (Å²) in [5, 5.41) is 2.92. The lowest BCUT2D eigenvalue weighted by Gasteiger charge is -2.17. The molecule has 1 fully saturated rings. The van der Waals surface area contributed by atoms with Crippen molar-refractivity contribution in [3.05, 3.63) is 48.0 Å². The van der Waals surface area contributed by atoms with Crippen LogP contribution in [0.4, 0.5) is 11.4 Å². The lowest BCUT2D eigenvalue weighted by molar-refractivity contribution is -0.885. The fraction of sp³-hybridized carbons (Fsp3) is 0.333. The fourth-order valence-electron chi connectivity index (χ4n) is 3.59. The molecule has 0 aromatic heterocycles. The summed E-state index contributed by atoms with van der Waals surface area (Å²) in [7, 11) is 1.98. The summed E-state index contributed by atoms with van der Waals surface area (Å²) in [5.41, 5.74) is 2.71. The third kappa shape index (κ3) is 4.09. The predicted molar refractivity (Wildman–Crippen MR) is 105 cm³/mol. The number of likely N-dealkylation sites (N-methyl/N-ethyl adjacent to an activating group) is 1. The highest BCUT2D eigenvalue weighted by Gasteiger charge is 2.21. The van der Waals surface area contributed by atoms with E-state index in [0.29, 0.717) is 19.5 Å². The average Bonchev–Trinajstić information content (AvgIpc) is 3.30. The standard InChI is InChI=1S/C21H23N3O4/c1-23(12-15-4-9-18-19(11-15)28-14-27-18)13-20(25)22-16-5-7-17(8-6-16)24-10-2-3-21(24)26/h4-9,11H,2-3,10,12-14H2,1H3,(H,22,25)/p+1. The van der Waals surface area contributed by atoms with Gasteiger partial charge in [-0.2, -0.15) is 0 Å². The van der Waals surface area contributed by atoms with E-state index in [1.807, 2.05) is 49.5 Å². The van der Waals surface area contributed by atoms with E-state index in [1.54, 1.807) is 4.90 Å². The average molecular weight is 382 g/mol. The smallest absolute Gasteiger partial charge is 0.279 e. The molecule has 0 aliphatic carbocycles. The molecule has 1 unspecified atom stereocenters. The zero-order chi connectivity index (χ0) is 19.5. The molecule has 0 spiro atoms. The van der Waals surface area contributed by atoms with Gasteiger partial charge in [-0.15, -0.1) is 0 Å². The molecular weight excluding hydrogens is 358 g/mol. The molecule has 1 atom stereocenters. The minimum Gasteiger partial charge on any atom is -0.454 e. The van der Waals surface area contributed by atoms with E-state index in [2.05, 4.69) is 5.32 Å². The van der Waals surface area contributed by atoms with Gasteiger partial charge < -0.3 is 24.6 Å². The van der Waals surface area contributed by atoms with Crippen LogP contribution in [0.1, 0.15) is 18.4 Å². The first-order valence-corrected chi connectivity index (χ1v) is 9.48. The Labute approximate surface area is 163 Å². The number of benzene rings is 2. The van der Waals surface area contributed by atoms with Gasteiger partial charge in [0.05, 0.1) is 7.05 Å². The highest BCUT2D eigenvalue weighted by Crippen LogP contribution is 2.32. The summed E-state index contributed by atoms with van der Waals surface area (Å²) < 4.78 is 10.7. The van der Waals surface area contributed by atoms with E-state index in [-0.39, 0.29) is 18.6 Å². The van der Waals surface area contributed by atoms with Gasteiger partial charge in [-0.05, 0) is 48.9 Å². The summed E-state index contributed by atoms with van der Waals surface area (Å²) >= 11 is 0. The second kappa shape index (κ2) is 7.90. The van der Waals surface area contributed by atoms with Gasteiger partial charge in [0, 0.05) is 29.9 Å². The number of hydrogen-bond donors (Lipinski definition) is 2. The minimum absolute atomic E-state index is 0.0526. The Kier molecular flexibility index (Phi) is 5.16. The molecule has 0 saturated carbocycles. The number of amides is 2. The number of carbonyl (C=O) groups excluding carboxylic acids is 2. The van der Waals surface area contributed by atoms with E-state index in [4.69, 9.17) is 9.47 Å². The molecule has 2 amide bonds. The Bertz CT molecular complexity index is 882. The number of anilines is 2. The molecule has 2 aliphatic rings. The SMILES string of the molecule is C[NH+](CC(=O)Nc1ccc(N2CCCC2=O)cc1)Cc1ccc2c(c1)OCO2. The van der Waals surface area contributed by atoms with E-state index >= 15 is 0 Å². The lowest BCUT2D eigenvalue weighted by Crippen LogP contribution is -3.08. The zero-order valence-electron chi connectivity index (χ0n) is 15.9. The summed E-state index contributed by atoms with van der Waals surface area (Å²) in [4.78, 5) is 27.0. The third-order valence-electron chi connectivity index (χ3n) is 4.94. The van der Waals surface area contributed by atoms with Gasteiger partial charge in [-0.25, -0.2) is 0 Å². The molecule has 1 saturated heterocycles. The zero-order valence-corrected chi connectivity index (χ0v) is 15.9. The largest absolute Gasteiger partial charge is 0.454 e. The molecule has 0 bridgehead atoms. The molecule has 7 nitrogen and oxygen atoms in total. The molecule has 7 heteroatoms. The number of quaternary nitrogens is 1. The molecule has 0 radical (unpaired) electrons. The second-order valence-corrected chi connectivity index (χ2v) is 7.24. The normalized spacial score (nSPS) is 16.3. The van der Waals surface area contributed by atoms with Crippen LogP contribution in [0.5, 0.6) is 11.5 Å². The number of ether oxygens (including phenoxy) is 2. The monoisotopic (exact) mass is 382 g/mol. The van der Waals surface area contributed by atoms with Crippen LogP contribution < -0.4 is 24.6 Å². The van der Waals surface area contributed by atoms with Gasteiger partial charge >= 0.3 is 0 Å². The maximum Gasteiger partial charge on any atom is 0.279 e. The van der Waals surface area contributed by atoms with E-state index in [9.17, 15) is 9.59 Å². The van der Waals surface area contributed by atoms with Crippen molar-refractivity contribution in [2.45, 2.75) is 19.4 Å².